The summed E-state index contributed by atoms with van der Waals surface area (Å²) in [4.78, 5) is 0. The second-order valence-electron chi connectivity index (χ2n) is 5.20. The molecule has 84 valence electrons. The van der Waals surface area contributed by atoms with Crippen LogP contribution < -0.4 is 0 Å². The molecule has 0 amide bonds. The maximum absolute atomic E-state index is 13.0. The lowest BCUT2D eigenvalue weighted by atomic mass is 10.1. The van der Waals surface area contributed by atoms with Crippen molar-refractivity contribution in [2.24, 2.45) is 0 Å². The summed E-state index contributed by atoms with van der Waals surface area (Å²) in [7, 11) is -0.979. The molecule has 0 radical (unpaired) electrons. The Balaban J connectivity index is 2.48. The van der Waals surface area contributed by atoms with E-state index in [1.807, 2.05) is 0 Å². The molecule has 0 unspecified atom stereocenters. The Morgan fingerprint density at radius 1 is 1.27 bits per heavy atom. The summed E-state index contributed by atoms with van der Waals surface area (Å²) in [6, 6.07) is 5.91. The number of hydrogen-bond acceptors (Lipinski definition) is 1. The first-order valence-corrected chi connectivity index (χ1v) is 9.06. The SMILES string of the molecule is C[Si](C)(C)CCCc1ccc(O)c(F)c1. The smallest absolute Gasteiger partial charge is 0.165 e. The van der Waals surface area contributed by atoms with Gasteiger partial charge in [0.05, 0.1) is 0 Å². The van der Waals surface area contributed by atoms with Crippen molar-refractivity contribution in [2.45, 2.75) is 38.5 Å². The molecule has 0 atom stereocenters. The summed E-state index contributed by atoms with van der Waals surface area (Å²) < 4.78 is 13.0. The zero-order valence-corrected chi connectivity index (χ0v) is 10.7. The largest absolute Gasteiger partial charge is 0.505 e. The maximum atomic E-state index is 13.0. The van der Waals surface area contributed by atoms with E-state index >= 15 is 0 Å². The summed E-state index contributed by atoms with van der Waals surface area (Å²) in [6.45, 7) is 7.01. The van der Waals surface area contributed by atoms with Crippen molar-refractivity contribution in [3.8, 4) is 5.75 Å². The summed E-state index contributed by atoms with van der Waals surface area (Å²) in [5.74, 6) is -0.774. The van der Waals surface area contributed by atoms with Gasteiger partial charge in [0.2, 0.25) is 0 Å². The van der Waals surface area contributed by atoms with Crippen molar-refractivity contribution in [2.75, 3.05) is 0 Å². The third-order valence-electron chi connectivity index (χ3n) is 2.40. The summed E-state index contributed by atoms with van der Waals surface area (Å²) in [6.07, 6.45) is 2.02. The number of phenols is 1. The number of hydrogen-bond donors (Lipinski definition) is 1. The van der Waals surface area contributed by atoms with Gasteiger partial charge in [0.25, 0.3) is 0 Å². The van der Waals surface area contributed by atoms with E-state index in [1.165, 1.54) is 18.2 Å². The molecule has 0 aliphatic carbocycles. The predicted molar refractivity (Wildman–Crippen MR) is 64.5 cm³/mol. The fourth-order valence-corrected chi connectivity index (χ4v) is 2.77. The van der Waals surface area contributed by atoms with Crippen LogP contribution in [-0.2, 0) is 6.42 Å². The van der Waals surface area contributed by atoms with Gasteiger partial charge in [-0.3, -0.25) is 0 Å². The van der Waals surface area contributed by atoms with E-state index < -0.39 is 13.9 Å². The molecule has 1 N–H and O–H groups in total. The molecule has 15 heavy (non-hydrogen) atoms. The number of aromatic hydroxyl groups is 1. The molecule has 0 aromatic heterocycles. The first-order valence-electron chi connectivity index (χ1n) is 5.36. The lowest BCUT2D eigenvalue weighted by Gasteiger charge is -2.15. The lowest BCUT2D eigenvalue weighted by Crippen LogP contribution is -2.18. The van der Waals surface area contributed by atoms with Gasteiger partial charge < -0.3 is 5.11 Å². The van der Waals surface area contributed by atoms with Gasteiger partial charge in [-0.15, -0.1) is 0 Å². The molecule has 0 aliphatic heterocycles. The quantitative estimate of drug-likeness (QED) is 0.774. The lowest BCUT2D eigenvalue weighted by molar-refractivity contribution is 0.432. The van der Waals surface area contributed by atoms with Crippen LogP contribution in [0.3, 0.4) is 0 Å². The van der Waals surface area contributed by atoms with Crippen molar-refractivity contribution >= 4 is 8.07 Å². The number of phenolic OH excluding ortho intramolecular Hbond substituents is 1. The van der Waals surface area contributed by atoms with Crippen molar-refractivity contribution in [1.29, 1.82) is 0 Å². The zero-order valence-electron chi connectivity index (χ0n) is 9.68. The highest BCUT2D eigenvalue weighted by Gasteiger charge is 2.12. The van der Waals surface area contributed by atoms with Gasteiger partial charge in [-0.1, -0.05) is 38.2 Å². The highest BCUT2D eigenvalue weighted by atomic mass is 28.3. The van der Waals surface area contributed by atoms with E-state index in [9.17, 15) is 4.39 Å². The van der Waals surface area contributed by atoms with Gasteiger partial charge in [-0.2, -0.15) is 0 Å². The second kappa shape index (κ2) is 4.79. The van der Waals surface area contributed by atoms with Crippen LogP contribution >= 0.6 is 0 Å². The second-order valence-corrected chi connectivity index (χ2v) is 10.8. The monoisotopic (exact) mass is 226 g/mol. The number of benzene rings is 1. The molecule has 0 saturated heterocycles. The molecule has 0 aliphatic rings. The molecule has 1 aromatic rings. The van der Waals surface area contributed by atoms with Crippen molar-refractivity contribution in [3.05, 3.63) is 29.6 Å². The minimum Gasteiger partial charge on any atom is -0.505 e. The third kappa shape index (κ3) is 4.47. The molecular weight excluding hydrogens is 207 g/mol. The Bertz CT molecular complexity index is 331. The van der Waals surface area contributed by atoms with Gasteiger partial charge in [0, 0.05) is 8.07 Å². The average Bonchev–Trinajstić information content (AvgIpc) is 2.09. The molecule has 3 heteroatoms. The van der Waals surface area contributed by atoms with Crippen LogP contribution in [0.4, 0.5) is 4.39 Å². The van der Waals surface area contributed by atoms with E-state index in [2.05, 4.69) is 19.6 Å². The first kappa shape index (κ1) is 12.2. The van der Waals surface area contributed by atoms with Crippen molar-refractivity contribution in [1.82, 2.24) is 0 Å². The van der Waals surface area contributed by atoms with E-state index in [0.29, 0.717) is 0 Å². The normalized spacial score (nSPS) is 11.7. The zero-order chi connectivity index (χ0) is 11.5. The fraction of sp³-hybridized carbons (Fsp3) is 0.500. The molecule has 1 aromatic carbocycles. The third-order valence-corrected chi connectivity index (χ3v) is 4.26. The Morgan fingerprint density at radius 2 is 1.93 bits per heavy atom. The molecule has 0 heterocycles. The molecule has 0 spiro atoms. The van der Waals surface area contributed by atoms with Gasteiger partial charge >= 0.3 is 0 Å². The topological polar surface area (TPSA) is 20.2 Å². The van der Waals surface area contributed by atoms with Gasteiger partial charge in [0.15, 0.2) is 11.6 Å². The average molecular weight is 226 g/mol. The summed E-state index contributed by atoms with van der Waals surface area (Å²) in [5.41, 5.74) is 0.976. The van der Waals surface area contributed by atoms with E-state index in [-0.39, 0.29) is 5.75 Å². The Hall–Kier alpha value is -0.833. The number of halogens is 1. The van der Waals surface area contributed by atoms with E-state index in [1.54, 1.807) is 6.07 Å². The minimum atomic E-state index is -0.979. The van der Waals surface area contributed by atoms with Crippen LogP contribution in [0.1, 0.15) is 12.0 Å². The molecule has 0 saturated carbocycles. The predicted octanol–water partition coefficient (Wildman–Crippen LogP) is 3.80. The minimum absolute atomic E-state index is 0.260. The number of rotatable bonds is 4. The van der Waals surface area contributed by atoms with Gasteiger partial charge in [-0.25, -0.2) is 4.39 Å². The Morgan fingerprint density at radius 3 is 2.47 bits per heavy atom. The van der Waals surface area contributed by atoms with E-state index in [4.69, 9.17) is 5.11 Å². The van der Waals surface area contributed by atoms with Gasteiger partial charge in [-0.05, 0) is 24.1 Å². The molecule has 1 nitrogen and oxygen atoms in total. The molecule has 1 rings (SSSR count). The van der Waals surface area contributed by atoms with Crippen LogP contribution in [-0.4, -0.2) is 13.2 Å². The van der Waals surface area contributed by atoms with Gasteiger partial charge in [0.1, 0.15) is 0 Å². The molecule has 0 fully saturated rings. The summed E-state index contributed by atoms with van der Waals surface area (Å²) >= 11 is 0. The van der Waals surface area contributed by atoms with Crippen LogP contribution in [0.2, 0.25) is 25.7 Å². The van der Waals surface area contributed by atoms with Crippen LogP contribution in [0.25, 0.3) is 0 Å². The highest BCUT2D eigenvalue weighted by Crippen LogP contribution is 2.19. The Labute approximate surface area is 92.0 Å². The maximum Gasteiger partial charge on any atom is 0.165 e. The van der Waals surface area contributed by atoms with Crippen molar-refractivity contribution < 1.29 is 9.50 Å². The molecular formula is C12H19FOSi. The summed E-state index contributed by atoms with van der Waals surface area (Å²) in [5, 5.41) is 9.03. The van der Waals surface area contributed by atoms with Crippen molar-refractivity contribution in [3.63, 3.8) is 0 Å². The first-order chi connectivity index (χ1) is 6.88. The fourth-order valence-electron chi connectivity index (χ4n) is 1.53. The number of aryl methyl sites for hydroxylation is 1. The van der Waals surface area contributed by atoms with Crippen LogP contribution in [0, 0.1) is 5.82 Å². The highest BCUT2D eigenvalue weighted by molar-refractivity contribution is 6.76. The van der Waals surface area contributed by atoms with Crippen LogP contribution in [0.5, 0.6) is 5.75 Å². The van der Waals surface area contributed by atoms with E-state index in [0.717, 1.165) is 18.4 Å². The molecule has 0 bridgehead atoms. The standard InChI is InChI=1S/C12H19FOSi/c1-15(2,3)8-4-5-10-6-7-12(14)11(13)9-10/h6-7,9,14H,4-5,8H2,1-3H3. The van der Waals surface area contributed by atoms with Crippen LogP contribution in [0.15, 0.2) is 18.2 Å². The Kier molecular flexibility index (Phi) is 3.91.